The van der Waals surface area contributed by atoms with Crippen LogP contribution in [0.1, 0.15) is 46.2 Å². The summed E-state index contributed by atoms with van der Waals surface area (Å²) in [4.78, 5) is 39.7. The van der Waals surface area contributed by atoms with Crippen molar-refractivity contribution in [3.63, 3.8) is 0 Å². The van der Waals surface area contributed by atoms with Crippen molar-refractivity contribution in [2.75, 3.05) is 18.0 Å². The third-order valence-electron chi connectivity index (χ3n) is 8.65. The molecule has 0 radical (unpaired) electrons. The number of aromatic hydroxyl groups is 1. The molecule has 246 valence electrons. The normalized spacial score (nSPS) is 21.3. The molecule has 2 aliphatic heterocycles. The van der Waals surface area contributed by atoms with E-state index in [2.05, 4.69) is 22.6 Å². The van der Waals surface area contributed by atoms with Gasteiger partial charge in [-0.3, -0.25) is 19.1 Å². The van der Waals surface area contributed by atoms with Crippen LogP contribution in [0.2, 0.25) is 10.0 Å². The molecule has 1 amide bonds. The molecule has 4 atom stereocenters. The van der Waals surface area contributed by atoms with Gasteiger partial charge < -0.3 is 14.9 Å². The van der Waals surface area contributed by atoms with E-state index in [1.165, 1.54) is 16.7 Å². The zero-order valence-electron chi connectivity index (χ0n) is 26.2. The standard InChI is InChI=1S/C33H31Cl2F3N6O3/c1-7-21(45)43-16(5)12-42(13-17(43)6)30-18-10-20(34)28(22-23(35)31(46)26(38)25(37)24(22)36)41-32(18)44(33(47)19(30)11-39)29-15(4)8-9-40-27(29)14(2)3/h7-10,14-17,29,46H,1,12-13H2,2-6H3/t15-,16-,17+,29?/m1/s1. The predicted octanol–water partition coefficient (Wildman–Crippen LogP) is 6.78. The van der Waals surface area contributed by atoms with E-state index in [-0.39, 0.29) is 70.2 Å². The molecule has 1 unspecified atom stereocenters. The molecular formula is C33H31Cl2F3N6O3. The van der Waals surface area contributed by atoms with Crippen molar-refractivity contribution in [3.8, 4) is 23.1 Å². The highest BCUT2D eigenvalue weighted by Gasteiger charge is 2.38. The minimum Gasteiger partial charge on any atom is -0.504 e. The Morgan fingerprint density at radius 2 is 1.79 bits per heavy atom. The lowest BCUT2D eigenvalue weighted by Crippen LogP contribution is -2.58. The summed E-state index contributed by atoms with van der Waals surface area (Å²) in [6.45, 7) is 13.3. The molecule has 1 fully saturated rings. The van der Waals surface area contributed by atoms with E-state index >= 15 is 4.39 Å². The van der Waals surface area contributed by atoms with Crippen molar-refractivity contribution in [1.29, 1.82) is 5.26 Å². The number of fused-ring (bicyclic) bond motifs is 1. The molecule has 2 aliphatic rings. The first kappa shape index (κ1) is 34.0. The molecule has 1 N–H and O–H groups in total. The van der Waals surface area contributed by atoms with Gasteiger partial charge in [0.1, 0.15) is 17.3 Å². The Bertz CT molecular complexity index is 1960. The largest absolute Gasteiger partial charge is 0.504 e. The molecule has 9 nitrogen and oxygen atoms in total. The number of carbonyl (C=O) groups excluding carboxylic acids is 1. The molecule has 0 spiro atoms. The maximum Gasteiger partial charge on any atom is 0.272 e. The fourth-order valence-corrected chi connectivity index (χ4v) is 7.10. The minimum absolute atomic E-state index is 0.0616. The van der Waals surface area contributed by atoms with E-state index in [1.807, 2.05) is 34.6 Å². The van der Waals surface area contributed by atoms with Gasteiger partial charge in [-0.15, -0.1) is 0 Å². The van der Waals surface area contributed by atoms with Crippen molar-refractivity contribution in [2.45, 2.75) is 52.7 Å². The molecular weight excluding hydrogens is 656 g/mol. The van der Waals surface area contributed by atoms with Crippen molar-refractivity contribution in [2.24, 2.45) is 16.8 Å². The summed E-state index contributed by atoms with van der Waals surface area (Å²) in [7, 11) is 0. The molecule has 5 rings (SSSR count). The second-order valence-electron chi connectivity index (χ2n) is 12.1. The number of hydrogen-bond acceptors (Lipinski definition) is 7. The average Bonchev–Trinajstić information content (AvgIpc) is 3.02. The van der Waals surface area contributed by atoms with Gasteiger partial charge in [0, 0.05) is 48.4 Å². The van der Waals surface area contributed by atoms with Crippen molar-refractivity contribution in [3.05, 3.63) is 74.4 Å². The summed E-state index contributed by atoms with van der Waals surface area (Å²) in [5, 5.41) is 19.7. The summed E-state index contributed by atoms with van der Waals surface area (Å²) in [5.41, 5.74) is -1.49. The third kappa shape index (κ3) is 5.45. The van der Waals surface area contributed by atoms with Crippen LogP contribution in [-0.4, -0.2) is 56.3 Å². The maximum absolute atomic E-state index is 15.3. The van der Waals surface area contributed by atoms with Gasteiger partial charge in [0.25, 0.3) is 5.56 Å². The van der Waals surface area contributed by atoms with Crippen LogP contribution in [0, 0.1) is 40.6 Å². The number of carbonyl (C=O) groups is 1. The van der Waals surface area contributed by atoms with Crippen LogP contribution in [0.25, 0.3) is 22.3 Å². The highest BCUT2D eigenvalue weighted by atomic mass is 35.5. The highest BCUT2D eigenvalue weighted by Crippen LogP contribution is 2.44. The fourth-order valence-electron chi connectivity index (χ4n) is 6.60. The summed E-state index contributed by atoms with van der Waals surface area (Å²) in [5.74, 6) is -7.72. The highest BCUT2D eigenvalue weighted by molar-refractivity contribution is 6.37. The van der Waals surface area contributed by atoms with Gasteiger partial charge in [-0.05, 0) is 31.9 Å². The lowest BCUT2D eigenvalue weighted by molar-refractivity contribution is -0.130. The number of anilines is 1. The Kier molecular flexibility index (Phi) is 9.18. The SMILES string of the molecule is C=CC(=O)N1[C@H](C)CN(c2c(C#N)c(=O)n(C3C(C(C)C)=NC=C[C@H]3C)c3nc(-c4c(F)c(F)c(F)c(O)c4Cl)c(Cl)cc23)C[C@@H]1C. The van der Waals surface area contributed by atoms with Gasteiger partial charge in [0.15, 0.2) is 17.4 Å². The smallest absolute Gasteiger partial charge is 0.272 e. The van der Waals surface area contributed by atoms with Crippen LogP contribution in [-0.2, 0) is 4.79 Å². The minimum atomic E-state index is -1.99. The number of halogens is 5. The number of aromatic nitrogens is 2. The molecule has 1 aromatic carbocycles. The number of rotatable bonds is 5. The molecule has 0 saturated carbocycles. The van der Waals surface area contributed by atoms with E-state index in [9.17, 15) is 28.7 Å². The predicted molar refractivity (Wildman–Crippen MR) is 176 cm³/mol. The van der Waals surface area contributed by atoms with E-state index in [0.717, 1.165) is 0 Å². The number of phenols is 1. The molecule has 2 aromatic heterocycles. The Morgan fingerprint density at radius 3 is 2.36 bits per heavy atom. The zero-order chi connectivity index (χ0) is 34.6. The van der Waals surface area contributed by atoms with Crippen molar-refractivity contribution < 1.29 is 23.1 Å². The molecule has 14 heteroatoms. The van der Waals surface area contributed by atoms with Crippen LogP contribution in [0.4, 0.5) is 18.9 Å². The second kappa shape index (κ2) is 12.7. The van der Waals surface area contributed by atoms with Gasteiger partial charge in [0.2, 0.25) is 11.7 Å². The molecule has 0 aliphatic carbocycles. The summed E-state index contributed by atoms with van der Waals surface area (Å²) in [6.07, 6.45) is 4.64. The maximum atomic E-state index is 15.3. The second-order valence-corrected chi connectivity index (χ2v) is 12.9. The Hall–Kier alpha value is -4.34. The number of amides is 1. The van der Waals surface area contributed by atoms with Gasteiger partial charge in [-0.1, -0.05) is 56.6 Å². The lowest BCUT2D eigenvalue weighted by atomic mass is 9.88. The van der Waals surface area contributed by atoms with Crippen molar-refractivity contribution >= 4 is 51.5 Å². The van der Waals surface area contributed by atoms with Gasteiger partial charge in [-0.25, -0.2) is 13.8 Å². The number of allylic oxidation sites excluding steroid dienone is 1. The number of phenolic OH excluding ortho intramolecular Hbond substituents is 1. The van der Waals surface area contributed by atoms with Crippen LogP contribution < -0.4 is 10.5 Å². The Morgan fingerprint density at radius 1 is 1.15 bits per heavy atom. The summed E-state index contributed by atoms with van der Waals surface area (Å²) in [6, 6.07) is 1.94. The monoisotopic (exact) mass is 686 g/mol. The van der Waals surface area contributed by atoms with Gasteiger partial charge in [0.05, 0.1) is 33.0 Å². The number of nitriles is 1. The molecule has 47 heavy (non-hydrogen) atoms. The summed E-state index contributed by atoms with van der Waals surface area (Å²) >= 11 is 12.8. The Balaban J connectivity index is 1.91. The average molecular weight is 688 g/mol. The number of hydrogen-bond donors (Lipinski definition) is 1. The van der Waals surface area contributed by atoms with Crippen LogP contribution in [0.15, 0.2) is 40.8 Å². The first-order valence-electron chi connectivity index (χ1n) is 14.8. The van der Waals surface area contributed by atoms with Gasteiger partial charge in [-0.2, -0.15) is 9.65 Å². The van der Waals surface area contributed by atoms with Gasteiger partial charge >= 0.3 is 0 Å². The van der Waals surface area contributed by atoms with E-state index in [1.54, 1.807) is 22.1 Å². The molecule has 1 saturated heterocycles. The summed E-state index contributed by atoms with van der Waals surface area (Å²) < 4.78 is 45.4. The van der Waals surface area contributed by atoms with Crippen molar-refractivity contribution in [1.82, 2.24) is 14.5 Å². The lowest BCUT2D eigenvalue weighted by Gasteiger charge is -2.45. The first-order chi connectivity index (χ1) is 22.2. The number of piperazine rings is 1. The molecule has 0 bridgehead atoms. The fraction of sp³-hybridized carbons (Fsp3) is 0.364. The number of aliphatic imine (C=N–C) groups is 1. The van der Waals surface area contributed by atoms with E-state index in [4.69, 9.17) is 23.2 Å². The third-order valence-corrected chi connectivity index (χ3v) is 9.30. The topological polar surface area (TPSA) is 115 Å². The Labute approximate surface area is 278 Å². The zero-order valence-corrected chi connectivity index (χ0v) is 27.7. The number of pyridine rings is 2. The first-order valence-corrected chi connectivity index (χ1v) is 15.6. The van der Waals surface area contributed by atoms with Crippen LogP contribution in [0.5, 0.6) is 5.75 Å². The van der Waals surface area contributed by atoms with E-state index in [0.29, 0.717) is 5.71 Å². The quantitative estimate of drug-likeness (QED) is 0.180. The molecule has 4 heterocycles. The number of benzene rings is 1. The van der Waals surface area contributed by atoms with E-state index < -0.39 is 51.1 Å². The van der Waals surface area contributed by atoms with Crippen LogP contribution >= 0.6 is 23.2 Å². The molecule has 3 aromatic rings. The van der Waals surface area contributed by atoms with Crippen LogP contribution in [0.3, 0.4) is 0 Å². The number of nitrogens with zero attached hydrogens (tertiary/aromatic N) is 6.